The van der Waals surface area contributed by atoms with Gasteiger partial charge in [0.05, 0.1) is 40.1 Å². The molecule has 502 valence electrons. The summed E-state index contributed by atoms with van der Waals surface area (Å²) in [5.74, 6) is -1.93. The Morgan fingerprint density at radius 1 is 0.473 bits per heavy atom. The summed E-state index contributed by atoms with van der Waals surface area (Å²) in [5, 5.41) is 38.4. The summed E-state index contributed by atoms with van der Waals surface area (Å²) in [4.78, 5) is 113. The largest absolute Gasteiger partial charge is 1.00 e. The maximum absolute atomic E-state index is 13.3. The van der Waals surface area contributed by atoms with Crippen molar-refractivity contribution in [2.45, 2.75) is 137 Å². The molecule has 0 radical (unpaired) electrons. The Bertz CT molecular complexity index is 3750. The average molecular weight is 1390 g/mol. The van der Waals surface area contributed by atoms with Crippen LogP contribution < -0.4 is 66.7 Å². The van der Waals surface area contributed by atoms with Gasteiger partial charge in [0.25, 0.3) is 5.69 Å². The number of H-pyrrole nitrogens is 2. The molecule has 0 aliphatic carbocycles. The van der Waals surface area contributed by atoms with E-state index >= 15 is 0 Å². The van der Waals surface area contributed by atoms with Crippen LogP contribution >= 0.6 is 35.3 Å². The first-order valence-electron chi connectivity index (χ1n) is 26.3. The van der Waals surface area contributed by atoms with Crippen molar-refractivity contribution in [1.29, 1.82) is 0 Å². The van der Waals surface area contributed by atoms with E-state index in [-0.39, 0.29) is 74.8 Å². The van der Waals surface area contributed by atoms with E-state index in [1.807, 2.05) is 6.07 Å². The van der Waals surface area contributed by atoms with E-state index in [0.29, 0.717) is 17.1 Å². The molecule has 3 amide bonds. The molecule has 5 aromatic carbocycles. The Hall–Kier alpha value is -8.61. The quantitative estimate of drug-likeness (QED) is 0.00882. The summed E-state index contributed by atoms with van der Waals surface area (Å²) < 4.78 is 56.5. The number of halogens is 2. The number of carbonyl (C=O) groups excluding carboxylic acids is 5. The fraction of sp³-hybridized carbons (Fsp3) is 0.351. The molecule has 9 N–H and O–H groups in total. The number of rotatable bonds is 6. The number of fused-ring (bicyclic) bond motifs is 2. The minimum atomic E-state index is -1.06. The number of benzene rings is 5. The van der Waals surface area contributed by atoms with Crippen LogP contribution in [0.2, 0.25) is 0 Å². The molecule has 0 atom stereocenters. The summed E-state index contributed by atoms with van der Waals surface area (Å²) in [6, 6.07) is 20.9. The van der Waals surface area contributed by atoms with Gasteiger partial charge in [-0.3, -0.25) is 55.9 Å². The van der Waals surface area contributed by atoms with Crippen LogP contribution in [0.5, 0.6) is 0 Å². The first-order valence-corrected chi connectivity index (χ1v) is 28.4. The van der Waals surface area contributed by atoms with Gasteiger partial charge in [-0.05, 0) is 165 Å². The second-order valence-corrected chi connectivity index (χ2v) is 25.8. The van der Waals surface area contributed by atoms with E-state index in [0.717, 1.165) is 56.0 Å². The van der Waals surface area contributed by atoms with Crippen LogP contribution in [0.15, 0.2) is 105 Å². The standard InChI is InChI=1S/C12H14N2O3S.C11H13FN2O4.C11H14N2O4S.C10H18O5.C7H6N2OS.C6H5FN2O2.Na.H2S/c1-12(2,3)17-10(15)13-7-4-5-8-9(6-7)18-11(16)14-8;1-11(2,3)18-10(15)13-7-4-5-9(14(16)17)8(12)6-7;1-11(2,3)17-10(14)12-7-4-5-8(13(15)16)9(18)6-7;1-9(2,3)14-7(11)13-8(12)15-10(4,5)6;8-4-1-2-5-6(3-4)11-7(10)9-5;7-5-3-4(8)1-2-6(5)9(10)11;;/h4-6H,1-3H3,(H,13,15)(H,14,16);4-6H,1-3H3,(H,13,15);4-6,18H,1-3H3,(H,12,14);1-6H3;1-3H,8H2,(H,9,10);1-3H,8H2;;1H2/q;;;;;;+1;/p-1. The van der Waals surface area contributed by atoms with Gasteiger partial charge in [0.1, 0.15) is 28.0 Å². The smallest absolute Gasteiger partial charge is 0.813 e. The molecule has 0 aliphatic rings. The minimum Gasteiger partial charge on any atom is -0.813 e. The molecule has 2 aromatic heterocycles. The number of nitro benzene ring substituents is 3. The van der Waals surface area contributed by atoms with Gasteiger partial charge in [0.15, 0.2) is 0 Å². The topological polar surface area (TPSA) is 424 Å². The number of nitrogen functional groups attached to an aromatic ring is 2. The van der Waals surface area contributed by atoms with Crippen LogP contribution in [-0.2, 0) is 41.9 Å². The Morgan fingerprint density at radius 3 is 1.13 bits per heavy atom. The van der Waals surface area contributed by atoms with Crippen LogP contribution in [0.1, 0.15) is 104 Å². The summed E-state index contributed by atoms with van der Waals surface area (Å²) in [6.45, 7) is 25.7. The third-order valence-electron chi connectivity index (χ3n) is 9.23. The minimum absolute atomic E-state index is 0. The van der Waals surface area contributed by atoms with Crippen molar-refractivity contribution in [3.8, 4) is 0 Å². The summed E-state index contributed by atoms with van der Waals surface area (Å²) >= 11 is 6.26. The number of carbonyl (C=O) groups is 5. The predicted molar refractivity (Wildman–Crippen MR) is 352 cm³/mol. The van der Waals surface area contributed by atoms with Crippen molar-refractivity contribution in [1.82, 2.24) is 9.97 Å². The molecule has 0 unspecified atom stereocenters. The zero-order chi connectivity index (χ0) is 69.7. The van der Waals surface area contributed by atoms with Crippen molar-refractivity contribution < 1.29 is 106 Å². The third-order valence-corrected chi connectivity index (χ3v) is 11.3. The number of hydrogen-bond acceptors (Lipinski definition) is 25. The van der Waals surface area contributed by atoms with Crippen molar-refractivity contribution >= 4 is 145 Å². The fourth-order valence-corrected chi connectivity index (χ4v) is 7.87. The van der Waals surface area contributed by atoms with Crippen LogP contribution in [0.3, 0.4) is 0 Å². The number of nitro groups is 3. The summed E-state index contributed by atoms with van der Waals surface area (Å²) in [7, 11) is 0. The molecule has 36 heteroatoms. The number of aromatic amines is 2. The van der Waals surface area contributed by atoms with Crippen LogP contribution in [0, 0.1) is 42.0 Å². The van der Waals surface area contributed by atoms with Crippen molar-refractivity contribution in [2.24, 2.45) is 0 Å². The SMILES string of the molecule is CC(C)(C)OC(=O)Nc1ccc([N+](=O)[O-])c(F)c1.CC(C)(C)OC(=O)Nc1ccc([N+](=O)[O-])c(S)c1.CC(C)(C)OC(=O)Nc1ccc2[nH]c(=O)sc2c1.CC(C)(C)OC(=O)OC(=O)OC(C)(C)C.Nc1ccc([N+](=O)[O-])c(F)c1.Nc1ccc2[nH]c(=O)sc2c1.[Na+].[SH-]. The molecular formula is C57H71F2N10NaO19S4. The normalized spacial score (nSPS) is 10.7. The molecule has 7 rings (SSSR count). The maximum atomic E-state index is 13.3. The molecule has 0 saturated carbocycles. The molecule has 29 nitrogen and oxygen atoms in total. The Labute approximate surface area is 573 Å². The van der Waals surface area contributed by atoms with Crippen LogP contribution in [0.25, 0.3) is 20.4 Å². The zero-order valence-corrected chi connectivity index (χ0v) is 58.8. The second-order valence-electron chi connectivity index (χ2n) is 23.3. The van der Waals surface area contributed by atoms with Crippen molar-refractivity contribution in [3.63, 3.8) is 0 Å². The van der Waals surface area contributed by atoms with E-state index in [4.69, 9.17) is 35.2 Å². The van der Waals surface area contributed by atoms with E-state index in [1.165, 1.54) is 41.7 Å². The van der Waals surface area contributed by atoms with Crippen LogP contribution in [0.4, 0.5) is 78.3 Å². The van der Waals surface area contributed by atoms with Gasteiger partial charge in [0, 0.05) is 58.8 Å². The van der Waals surface area contributed by atoms with Gasteiger partial charge in [-0.25, -0.2) is 24.0 Å². The molecule has 0 saturated heterocycles. The molecule has 7 aromatic rings. The van der Waals surface area contributed by atoms with Gasteiger partial charge in [0.2, 0.25) is 11.6 Å². The van der Waals surface area contributed by atoms with Crippen molar-refractivity contribution in [2.75, 3.05) is 27.4 Å². The third kappa shape index (κ3) is 35.1. The van der Waals surface area contributed by atoms with Crippen molar-refractivity contribution in [3.05, 3.63) is 152 Å². The number of nitrogens with zero attached hydrogens (tertiary/aromatic N) is 3. The Kier molecular flexibility index (Phi) is 33.2. The molecule has 0 aliphatic heterocycles. The molecular weight excluding hydrogens is 1320 g/mol. The fourth-order valence-electron chi connectivity index (χ4n) is 6.02. The summed E-state index contributed by atoms with van der Waals surface area (Å²) in [5.41, 5.74) is 9.73. The van der Waals surface area contributed by atoms with E-state index in [9.17, 15) is 72.7 Å². The summed E-state index contributed by atoms with van der Waals surface area (Å²) in [6.07, 6.45) is -4.00. The zero-order valence-electron chi connectivity index (χ0n) is 53.4. The van der Waals surface area contributed by atoms with Gasteiger partial charge in [-0.15, -0.1) is 12.6 Å². The first kappa shape index (κ1) is 84.4. The number of anilines is 5. The average Bonchev–Trinajstić information content (AvgIpc) is 1.80. The first-order chi connectivity index (χ1) is 41.6. The van der Waals surface area contributed by atoms with Gasteiger partial charge >= 0.3 is 81.3 Å². The number of nitrogens with one attached hydrogen (secondary N) is 5. The monoisotopic (exact) mass is 1390 g/mol. The number of ether oxygens (including phenoxy) is 6. The van der Waals surface area contributed by atoms with Crippen LogP contribution in [-0.4, -0.2) is 83.3 Å². The Morgan fingerprint density at radius 2 is 0.774 bits per heavy atom. The number of thiol groups is 2. The molecule has 93 heavy (non-hydrogen) atoms. The molecule has 0 spiro atoms. The van der Waals surface area contributed by atoms with E-state index in [2.05, 4.69) is 43.3 Å². The number of hydrogen-bond donors (Lipinski definition) is 8. The molecule has 2 heterocycles. The number of nitrogens with two attached hydrogens (primary N) is 2. The molecule has 0 bridgehead atoms. The molecule has 0 fully saturated rings. The van der Waals surface area contributed by atoms with E-state index < -0.39 is 96.4 Å². The van der Waals surface area contributed by atoms with Gasteiger partial charge < -0.3 is 63.4 Å². The van der Waals surface area contributed by atoms with Gasteiger partial charge in [-0.1, -0.05) is 22.7 Å². The number of aromatic nitrogens is 2. The Balaban J connectivity index is 0.00000110. The number of amides is 3. The van der Waals surface area contributed by atoms with Gasteiger partial charge in [-0.2, -0.15) is 8.78 Å². The second kappa shape index (κ2) is 36.6. The maximum Gasteiger partial charge on any atom is 1.00 e. The predicted octanol–water partition coefficient (Wildman–Crippen LogP) is 11.3. The number of thiazole rings is 2. The van der Waals surface area contributed by atoms with E-state index in [1.54, 1.807) is 134 Å².